The molecule has 0 heterocycles. The Hall–Kier alpha value is -1.29. The van der Waals surface area contributed by atoms with Gasteiger partial charge in [0.15, 0.2) is 11.6 Å². The molecule has 2 rings (SSSR count). The largest absolute Gasteiger partial charge is 0.275 e. The van der Waals surface area contributed by atoms with Gasteiger partial charge in [0, 0.05) is 17.0 Å². The predicted molar refractivity (Wildman–Crippen MR) is 67.0 cm³/mol. The van der Waals surface area contributed by atoms with Gasteiger partial charge < -0.3 is 0 Å². The summed E-state index contributed by atoms with van der Waals surface area (Å²) in [5.41, 5.74) is -1.28. The number of carbonyl (C=O) groups is 1. The minimum Gasteiger partial charge on any atom is -0.275 e. The van der Waals surface area contributed by atoms with Crippen molar-refractivity contribution >= 4 is 16.8 Å². The van der Waals surface area contributed by atoms with Crippen molar-refractivity contribution in [3.63, 3.8) is 0 Å². The minimum absolute atomic E-state index is 0.243. The molecule has 0 saturated carbocycles. The van der Waals surface area contributed by atoms with Gasteiger partial charge >= 0.3 is 0 Å². The van der Waals surface area contributed by atoms with Gasteiger partial charge in [-0.1, -0.05) is 12.2 Å². The van der Waals surface area contributed by atoms with Crippen LogP contribution in [0, 0.1) is 24.4 Å². The van der Waals surface area contributed by atoms with Crippen LogP contribution in [0.2, 0.25) is 0 Å². The van der Waals surface area contributed by atoms with Crippen LogP contribution in [0.1, 0.15) is 46.7 Å². The number of halogens is 4. The Morgan fingerprint density at radius 3 is 2.47 bits per heavy atom. The lowest BCUT2D eigenvalue weighted by Crippen LogP contribution is -2.13. The molecule has 1 unspecified atom stereocenters. The normalized spacial score (nSPS) is 18.7. The van der Waals surface area contributed by atoms with Crippen molar-refractivity contribution in [2.75, 3.05) is 0 Å². The van der Waals surface area contributed by atoms with E-state index >= 15 is 0 Å². The van der Waals surface area contributed by atoms with E-state index in [9.17, 15) is 18.0 Å². The molecule has 1 aliphatic carbocycles. The molecular formula is C14H12ClF3O. The summed E-state index contributed by atoms with van der Waals surface area (Å²) in [6, 6.07) is 0. The lowest BCUT2D eigenvalue weighted by Gasteiger charge is -2.20. The first-order valence-electron chi connectivity index (χ1n) is 5.98. The molecule has 0 amide bonds. The van der Waals surface area contributed by atoms with Crippen molar-refractivity contribution < 1.29 is 18.0 Å². The van der Waals surface area contributed by atoms with Crippen molar-refractivity contribution in [2.24, 2.45) is 0 Å². The van der Waals surface area contributed by atoms with E-state index in [1.165, 1.54) is 6.92 Å². The lowest BCUT2D eigenvalue weighted by atomic mass is 9.86. The Morgan fingerprint density at radius 2 is 1.95 bits per heavy atom. The Kier molecular flexibility index (Phi) is 3.99. The summed E-state index contributed by atoms with van der Waals surface area (Å²) in [6.07, 6.45) is 5.68. The molecule has 1 atom stereocenters. The van der Waals surface area contributed by atoms with Gasteiger partial charge in [-0.2, -0.15) is 0 Å². The first-order valence-corrected chi connectivity index (χ1v) is 6.36. The molecule has 1 aliphatic rings. The zero-order valence-corrected chi connectivity index (χ0v) is 11.0. The fourth-order valence-electron chi connectivity index (χ4n) is 2.41. The summed E-state index contributed by atoms with van der Waals surface area (Å²) >= 11 is 5.17. The number of hydrogen-bond donors (Lipinski definition) is 0. The number of hydrogen-bond acceptors (Lipinski definition) is 1. The number of rotatable bonds is 2. The molecule has 0 bridgehead atoms. The van der Waals surface area contributed by atoms with Crippen molar-refractivity contribution in [1.82, 2.24) is 0 Å². The summed E-state index contributed by atoms with van der Waals surface area (Å²) in [5.74, 6) is -4.07. The second-order valence-electron chi connectivity index (χ2n) is 4.59. The highest BCUT2D eigenvalue weighted by Gasteiger charge is 2.29. The topological polar surface area (TPSA) is 17.1 Å². The first-order chi connectivity index (χ1) is 8.95. The van der Waals surface area contributed by atoms with Gasteiger partial charge in [-0.05, 0) is 37.8 Å². The number of carbonyl (C=O) groups excluding carboxylic acids is 1. The van der Waals surface area contributed by atoms with Gasteiger partial charge in [-0.25, -0.2) is 13.2 Å². The van der Waals surface area contributed by atoms with Crippen LogP contribution in [0.25, 0.3) is 0 Å². The Balaban J connectivity index is 2.66. The Bertz CT molecular complexity index is 537. The molecule has 0 spiro atoms. The molecule has 0 aromatic heterocycles. The van der Waals surface area contributed by atoms with Gasteiger partial charge in [0.2, 0.25) is 0 Å². The maximum atomic E-state index is 14.2. The second-order valence-corrected chi connectivity index (χ2v) is 4.94. The quantitative estimate of drug-likeness (QED) is 0.441. The first kappa shape index (κ1) is 14.1. The van der Waals surface area contributed by atoms with Gasteiger partial charge in [-0.3, -0.25) is 4.79 Å². The van der Waals surface area contributed by atoms with E-state index in [1.807, 2.05) is 6.08 Å². The monoisotopic (exact) mass is 288 g/mol. The maximum Gasteiger partial charge on any atom is 0.255 e. The fraction of sp³-hybridized carbons (Fsp3) is 0.357. The molecule has 0 fully saturated rings. The average Bonchev–Trinajstić information content (AvgIpc) is 2.38. The van der Waals surface area contributed by atoms with Crippen LogP contribution in [-0.2, 0) is 0 Å². The summed E-state index contributed by atoms with van der Waals surface area (Å²) in [5, 5.41) is -1.20. The molecule has 1 nitrogen and oxygen atoms in total. The third-order valence-electron chi connectivity index (χ3n) is 3.41. The van der Waals surface area contributed by atoms with Crippen LogP contribution in [0.5, 0.6) is 0 Å². The molecule has 1 aromatic rings. The number of benzene rings is 1. The van der Waals surface area contributed by atoms with Crippen molar-refractivity contribution in [3.05, 3.63) is 46.3 Å². The summed E-state index contributed by atoms with van der Waals surface area (Å²) in [7, 11) is 0. The molecule has 0 radical (unpaired) electrons. The SMILES string of the molecule is Cc1c(F)c(C2C=CCCC2)c(F)c(F)c1C(=O)Cl. The third kappa shape index (κ3) is 2.41. The zero-order chi connectivity index (χ0) is 14.2. The van der Waals surface area contributed by atoms with E-state index in [2.05, 4.69) is 0 Å². The molecule has 0 aliphatic heterocycles. The number of allylic oxidation sites excluding steroid dienone is 2. The second kappa shape index (κ2) is 5.37. The van der Waals surface area contributed by atoms with Crippen LogP contribution >= 0.6 is 11.6 Å². The molecule has 0 N–H and O–H groups in total. The van der Waals surface area contributed by atoms with E-state index in [0.717, 1.165) is 12.8 Å². The smallest absolute Gasteiger partial charge is 0.255 e. The highest BCUT2D eigenvalue weighted by Crippen LogP contribution is 2.35. The Labute approximate surface area is 114 Å². The van der Waals surface area contributed by atoms with Gasteiger partial charge in [0.1, 0.15) is 5.82 Å². The van der Waals surface area contributed by atoms with Gasteiger partial charge in [0.05, 0.1) is 5.56 Å². The third-order valence-corrected chi connectivity index (χ3v) is 3.60. The molecule has 5 heteroatoms. The molecule has 102 valence electrons. The standard InChI is InChI=1S/C14H12ClF3O/c1-7-9(14(15)19)12(17)13(18)10(11(7)16)8-5-3-2-4-6-8/h3,5,8H,2,4,6H2,1H3. The van der Waals surface area contributed by atoms with E-state index < -0.39 is 34.2 Å². The maximum absolute atomic E-state index is 14.2. The predicted octanol–water partition coefficient (Wildman–Crippen LogP) is 4.62. The molecule has 19 heavy (non-hydrogen) atoms. The lowest BCUT2D eigenvalue weighted by molar-refractivity contribution is 0.107. The van der Waals surface area contributed by atoms with Gasteiger partial charge in [-0.15, -0.1) is 0 Å². The van der Waals surface area contributed by atoms with E-state index in [0.29, 0.717) is 6.42 Å². The highest BCUT2D eigenvalue weighted by molar-refractivity contribution is 6.68. The summed E-state index contributed by atoms with van der Waals surface area (Å²) < 4.78 is 42.0. The highest BCUT2D eigenvalue weighted by atomic mass is 35.5. The van der Waals surface area contributed by atoms with Gasteiger partial charge in [0.25, 0.3) is 5.24 Å². The van der Waals surface area contributed by atoms with Crippen LogP contribution in [-0.4, -0.2) is 5.24 Å². The van der Waals surface area contributed by atoms with E-state index in [-0.39, 0.29) is 11.1 Å². The summed E-state index contributed by atoms with van der Waals surface area (Å²) in [6.45, 7) is 1.23. The van der Waals surface area contributed by atoms with Crippen LogP contribution < -0.4 is 0 Å². The summed E-state index contributed by atoms with van der Waals surface area (Å²) in [4.78, 5) is 11.1. The van der Waals surface area contributed by atoms with Crippen LogP contribution in [0.15, 0.2) is 12.2 Å². The zero-order valence-electron chi connectivity index (χ0n) is 10.3. The van der Waals surface area contributed by atoms with Crippen LogP contribution in [0.4, 0.5) is 13.2 Å². The molecule has 0 saturated heterocycles. The van der Waals surface area contributed by atoms with Crippen molar-refractivity contribution in [2.45, 2.75) is 32.1 Å². The Morgan fingerprint density at radius 1 is 1.26 bits per heavy atom. The van der Waals surface area contributed by atoms with E-state index in [4.69, 9.17) is 11.6 Å². The minimum atomic E-state index is -1.37. The average molecular weight is 289 g/mol. The molecule has 1 aromatic carbocycles. The molecular weight excluding hydrogens is 277 g/mol. The fourth-order valence-corrected chi connectivity index (χ4v) is 2.64. The van der Waals surface area contributed by atoms with Crippen molar-refractivity contribution in [3.8, 4) is 0 Å². The van der Waals surface area contributed by atoms with Crippen molar-refractivity contribution in [1.29, 1.82) is 0 Å². The van der Waals surface area contributed by atoms with Crippen LogP contribution in [0.3, 0.4) is 0 Å². The van der Waals surface area contributed by atoms with E-state index in [1.54, 1.807) is 6.08 Å².